The first-order valence-electron chi connectivity index (χ1n) is 14.0. The largest absolute Gasteiger partial charge is 0.377 e. The van der Waals surface area contributed by atoms with Gasteiger partial charge in [0.05, 0.1) is 28.7 Å². The number of pyridine rings is 1. The highest BCUT2D eigenvalue weighted by atomic mass is 32.2. The number of hydrogen-bond donors (Lipinski definition) is 1. The number of piperazine rings is 1. The van der Waals surface area contributed by atoms with Crippen molar-refractivity contribution in [3.8, 4) is 0 Å². The maximum absolute atomic E-state index is 13.8. The molecule has 2 aliphatic rings. The number of nitrogens with one attached hydrogen (secondary N) is 1. The number of aryl methyl sites for hydroxylation is 2. The van der Waals surface area contributed by atoms with Gasteiger partial charge in [-0.15, -0.1) is 0 Å². The van der Waals surface area contributed by atoms with Crippen LogP contribution in [0.1, 0.15) is 42.8 Å². The molecule has 214 valence electrons. The highest BCUT2D eigenvalue weighted by Gasteiger charge is 2.41. The van der Waals surface area contributed by atoms with E-state index in [2.05, 4.69) is 37.2 Å². The van der Waals surface area contributed by atoms with Crippen molar-refractivity contribution < 1.29 is 8.42 Å². The number of nitrogens with zero attached hydrogens (tertiary/aromatic N) is 5. The lowest BCUT2D eigenvalue weighted by molar-refractivity contribution is 0.524. The van der Waals surface area contributed by atoms with Crippen molar-refractivity contribution in [1.82, 2.24) is 14.5 Å². The van der Waals surface area contributed by atoms with E-state index in [0.29, 0.717) is 23.2 Å². The fraction of sp³-hybridized carbons (Fsp3) is 0.387. The molecule has 2 unspecified atom stereocenters. The average molecular weight is 573 g/mol. The second-order valence-corrected chi connectivity index (χ2v) is 13.5. The second kappa shape index (κ2) is 10.2. The minimum absolute atomic E-state index is 0.0344. The number of rotatable bonds is 6. The third kappa shape index (κ3) is 4.94. The Labute approximate surface area is 240 Å². The van der Waals surface area contributed by atoms with E-state index in [1.54, 1.807) is 22.8 Å². The standard InChI is InChI=1S/C31H36N6O3S/c1-19-12-25(20(2)34-28-8-6-7-9-29(28)41(5,39)40)26-14-30(35(4)31(38)27(26)13-19)36-17-22-10-11-23(18-36)37(22)24-15-32-21(3)33-16-24/h6-9,12-16,20,22-23,34H,10-11,17-18H2,1-5H3/t20-,22?,23?/m1/s1. The number of fused-ring (bicyclic) bond motifs is 3. The minimum atomic E-state index is -3.41. The number of para-hydroxylation sites is 1. The molecule has 0 aliphatic carbocycles. The van der Waals surface area contributed by atoms with Gasteiger partial charge in [0.25, 0.3) is 5.56 Å². The third-order valence-corrected chi connectivity index (χ3v) is 9.66. The lowest BCUT2D eigenvalue weighted by Gasteiger charge is -2.43. The highest BCUT2D eigenvalue weighted by molar-refractivity contribution is 7.90. The molecule has 2 fully saturated rings. The number of benzene rings is 2. The van der Waals surface area contributed by atoms with Crippen LogP contribution in [0.25, 0.3) is 10.8 Å². The van der Waals surface area contributed by atoms with Crippen molar-refractivity contribution >= 4 is 37.8 Å². The zero-order valence-corrected chi connectivity index (χ0v) is 24.9. The molecule has 4 heterocycles. The summed E-state index contributed by atoms with van der Waals surface area (Å²) in [4.78, 5) is 27.7. The Balaban J connectivity index is 1.38. The summed E-state index contributed by atoms with van der Waals surface area (Å²) in [5, 5.41) is 4.96. The lowest BCUT2D eigenvalue weighted by atomic mass is 9.97. The molecule has 2 aliphatic heterocycles. The molecule has 2 saturated heterocycles. The van der Waals surface area contributed by atoms with Crippen LogP contribution in [0, 0.1) is 13.8 Å². The molecule has 41 heavy (non-hydrogen) atoms. The van der Waals surface area contributed by atoms with Gasteiger partial charge in [-0.1, -0.05) is 18.2 Å². The summed E-state index contributed by atoms with van der Waals surface area (Å²) >= 11 is 0. The van der Waals surface area contributed by atoms with Crippen molar-refractivity contribution in [2.45, 2.75) is 56.6 Å². The number of sulfone groups is 1. The predicted molar refractivity (Wildman–Crippen MR) is 164 cm³/mol. The van der Waals surface area contributed by atoms with E-state index in [1.807, 2.05) is 52.3 Å². The predicted octanol–water partition coefficient (Wildman–Crippen LogP) is 4.38. The maximum atomic E-state index is 13.8. The van der Waals surface area contributed by atoms with Crippen LogP contribution in [0.3, 0.4) is 0 Å². The zero-order valence-electron chi connectivity index (χ0n) is 24.1. The van der Waals surface area contributed by atoms with E-state index < -0.39 is 9.84 Å². The van der Waals surface area contributed by atoms with Gasteiger partial charge in [-0.05, 0) is 74.4 Å². The first kappa shape index (κ1) is 27.3. The molecule has 0 amide bonds. The summed E-state index contributed by atoms with van der Waals surface area (Å²) < 4.78 is 26.6. The summed E-state index contributed by atoms with van der Waals surface area (Å²) in [6.07, 6.45) is 7.22. The van der Waals surface area contributed by atoms with Crippen LogP contribution in [0.15, 0.2) is 64.5 Å². The topological polar surface area (TPSA) is 100 Å². The normalized spacial score (nSPS) is 19.5. The number of hydrogen-bond acceptors (Lipinski definition) is 8. The Morgan fingerprint density at radius 1 is 0.976 bits per heavy atom. The quantitative estimate of drug-likeness (QED) is 0.363. The summed E-state index contributed by atoms with van der Waals surface area (Å²) in [6.45, 7) is 7.50. The molecule has 2 aromatic heterocycles. The van der Waals surface area contributed by atoms with Crippen LogP contribution in [-0.2, 0) is 16.9 Å². The van der Waals surface area contributed by atoms with Crippen LogP contribution < -0.4 is 20.7 Å². The summed E-state index contributed by atoms with van der Waals surface area (Å²) in [5.41, 5.74) is 3.51. The average Bonchev–Trinajstić information content (AvgIpc) is 3.19. The van der Waals surface area contributed by atoms with Crippen molar-refractivity contribution in [1.29, 1.82) is 0 Å². The molecule has 4 aromatic rings. The molecule has 0 spiro atoms. The van der Waals surface area contributed by atoms with Crippen LogP contribution >= 0.6 is 0 Å². The van der Waals surface area contributed by atoms with Gasteiger partial charge < -0.3 is 15.1 Å². The second-order valence-electron chi connectivity index (χ2n) is 11.5. The first-order valence-corrected chi connectivity index (χ1v) is 15.9. The van der Waals surface area contributed by atoms with Crippen molar-refractivity contribution in [3.05, 3.63) is 82.2 Å². The monoisotopic (exact) mass is 572 g/mol. The molecule has 0 saturated carbocycles. The summed E-state index contributed by atoms with van der Waals surface area (Å²) in [7, 11) is -1.56. The Morgan fingerprint density at radius 2 is 1.63 bits per heavy atom. The molecule has 2 aromatic carbocycles. The van der Waals surface area contributed by atoms with Gasteiger partial charge in [0, 0.05) is 49.9 Å². The summed E-state index contributed by atoms with van der Waals surface area (Å²) in [5.74, 6) is 1.66. The molecule has 1 N–H and O–H groups in total. The van der Waals surface area contributed by atoms with Crippen LogP contribution in [0.4, 0.5) is 17.2 Å². The van der Waals surface area contributed by atoms with E-state index in [9.17, 15) is 13.2 Å². The molecule has 10 heteroatoms. The van der Waals surface area contributed by atoms with Gasteiger partial charge in [-0.3, -0.25) is 9.36 Å². The first-order chi connectivity index (χ1) is 19.5. The zero-order chi connectivity index (χ0) is 29.1. The molecule has 6 rings (SSSR count). The van der Waals surface area contributed by atoms with Gasteiger partial charge in [0.2, 0.25) is 0 Å². The van der Waals surface area contributed by atoms with Gasteiger partial charge in [0.1, 0.15) is 11.6 Å². The fourth-order valence-electron chi connectivity index (χ4n) is 6.59. The number of aromatic nitrogens is 3. The molecule has 0 radical (unpaired) electrons. The number of anilines is 3. The van der Waals surface area contributed by atoms with E-state index in [1.165, 1.54) is 6.26 Å². The molecular formula is C31H36N6O3S. The van der Waals surface area contributed by atoms with Crippen molar-refractivity contribution in [3.63, 3.8) is 0 Å². The van der Waals surface area contributed by atoms with Crippen LogP contribution in [-0.4, -0.2) is 54.4 Å². The van der Waals surface area contributed by atoms with Crippen molar-refractivity contribution in [2.75, 3.05) is 34.5 Å². The molecule has 9 nitrogen and oxygen atoms in total. The van der Waals surface area contributed by atoms with Gasteiger partial charge in [0.15, 0.2) is 9.84 Å². The molecule has 2 bridgehead atoms. The Hall–Kier alpha value is -3.92. The highest BCUT2D eigenvalue weighted by Crippen LogP contribution is 2.37. The Morgan fingerprint density at radius 3 is 2.29 bits per heavy atom. The molecule has 3 atom stereocenters. The minimum Gasteiger partial charge on any atom is -0.377 e. The molecular weight excluding hydrogens is 536 g/mol. The van der Waals surface area contributed by atoms with E-state index in [-0.39, 0.29) is 16.5 Å². The SMILES string of the molecule is Cc1cc([C@@H](C)Nc2ccccc2S(C)(=O)=O)c2cc(N3CC4CCC(C3)N4c3cnc(C)nc3)n(C)c(=O)c2c1. The van der Waals surface area contributed by atoms with E-state index >= 15 is 0 Å². The van der Waals surface area contributed by atoms with Crippen LogP contribution in [0.2, 0.25) is 0 Å². The van der Waals surface area contributed by atoms with E-state index in [4.69, 9.17) is 0 Å². The third-order valence-electron chi connectivity index (χ3n) is 8.51. The smallest absolute Gasteiger partial charge is 0.259 e. The lowest BCUT2D eigenvalue weighted by Crippen LogP contribution is -2.55. The Bertz CT molecular complexity index is 1790. The van der Waals surface area contributed by atoms with Gasteiger partial charge >= 0.3 is 0 Å². The van der Waals surface area contributed by atoms with Crippen LogP contribution in [0.5, 0.6) is 0 Å². The van der Waals surface area contributed by atoms with Crippen molar-refractivity contribution in [2.24, 2.45) is 7.05 Å². The maximum Gasteiger partial charge on any atom is 0.259 e. The fourth-order valence-corrected chi connectivity index (χ4v) is 7.44. The van der Waals surface area contributed by atoms with Gasteiger partial charge in [-0.2, -0.15) is 0 Å². The Kier molecular flexibility index (Phi) is 6.76. The van der Waals surface area contributed by atoms with Gasteiger partial charge in [-0.25, -0.2) is 18.4 Å². The summed E-state index contributed by atoms with van der Waals surface area (Å²) in [6, 6.07) is 13.5. The van der Waals surface area contributed by atoms with E-state index in [0.717, 1.165) is 59.8 Å².